The fourth-order valence-electron chi connectivity index (χ4n) is 1.77. The van der Waals surface area contributed by atoms with Crippen molar-refractivity contribution in [2.24, 2.45) is 0 Å². The molecular weight excluding hydrogens is 224 g/mol. The molecule has 0 aromatic heterocycles. The number of nitrogens with one attached hydrogen (secondary N) is 2. The maximum absolute atomic E-state index is 11.5. The van der Waals surface area contributed by atoms with Crippen LogP contribution in [0.3, 0.4) is 0 Å². The molecule has 18 heavy (non-hydrogen) atoms. The van der Waals surface area contributed by atoms with Crippen LogP contribution >= 0.6 is 0 Å². The van der Waals surface area contributed by atoms with Gasteiger partial charge in [0.15, 0.2) is 0 Å². The monoisotopic (exact) mass is 248 g/mol. The van der Waals surface area contributed by atoms with E-state index in [1.165, 1.54) is 5.56 Å². The molecule has 1 rings (SSSR count). The highest BCUT2D eigenvalue weighted by molar-refractivity contribution is 5.78. The summed E-state index contributed by atoms with van der Waals surface area (Å²) in [6, 6.07) is 11.0. The summed E-state index contributed by atoms with van der Waals surface area (Å²) in [6.45, 7) is 6.45. The van der Waals surface area contributed by atoms with E-state index in [1.807, 2.05) is 19.9 Å². The standard InChI is InChI=1S/C15H24N2O/c1-12(2)17-15(18)11-16-13(3)9-10-14-7-5-4-6-8-14/h4-8,12-13,16H,9-11H2,1-3H3,(H,17,18)/t13-/m0/s1. The van der Waals surface area contributed by atoms with Crippen LogP contribution in [0.4, 0.5) is 0 Å². The first kappa shape index (κ1) is 14.7. The molecule has 0 spiro atoms. The van der Waals surface area contributed by atoms with Crippen molar-refractivity contribution in [2.45, 2.75) is 45.7 Å². The Morgan fingerprint density at radius 2 is 1.83 bits per heavy atom. The number of hydrogen-bond donors (Lipinski definition) is 2. The van der Waals surface area contributed by atoms with Crippen LogP contribution in [0.2, 0.25) is 0 Å². The molecule has 1 aromatic carbocycles. The second-order valence-corrected chi connectivity index (χ2v) is 5.03. The smallest absolute Gasteiger partial charge is 0.234 e. The highest BCUT2D eigenvalue weighted by Crippen LogP contribution is 2.04. The first-order valence-electron chi connectivity index (χ1n) is 6.64. The van der Waals surface area contributed by atoms with E-state index in [2.05, 4.69) is 41.8 Å². The van der Waals surface area contributed by atoms with Crippen LogP contribution in [0.15, 0.2) is 30.3 Å². The minimum Gasteiger partial charge on any atom is -0.353 e. The third-order valence-electron chi connectivity index (χ3n) is 2.77. The minimum absolute atomic E-state index is 0.0663. The van der Waals surface area contributed by atoms with Crippen LogP contribution in [0, 0.1) is 0 Å². The number of rotatable bonds is 7. The zero-order valence-corrected chi connectivity index (χ0v) is 11.6. The summed E-state index contributed by atoms with van der Waals surface area (Å²) in [7, 11) is 0. The summed E-state index contributed by atoms with van der Waals surface area (Å²) in [5, 5.41) is 6.12. The van der Waals surface area contributed by atoms with Gasteiger partial charge in [-0.1, -0.05) is 30.3 Å². The molecule has 3 heteroatoms. The number of carbonyl (C=O) groups is 1. The molecule has 0 aliphatic carbocycles. The van der Waals surface area contributed by atoms with Crippen LogP contribution in [-0.2, 0) is 11.2 Å². The fraction of sp³-hybridized carbons (Fsp3) is 0.533. The van der Waals surface area contributed by atoms with E-state index < -0.39 is 0 Å². The Kier molecular flexibility index (Phi) is 6.44. The molecular formula is C15H24N2O. The van der Waals surface area contributed by atoms with Crippen molar-refractivity contribution in [3.63, 3.8) is 0 Å². The lowest BCUT2D eigenvalue weighted by Gasteiger charge is -2.14. The van der Waals surface area contributed by atoms with Gasteiger partial charge >= 0.3 is 0 Å². The van der Waals surface area contributed by atoms with Gasteiger partial charge in [-0.15, -0.1) is 0 Å². The summed E-state index contributed by atoms with van der Waals surface area (Å²) in [4.78, 5) is 11.5. The second-order valence-electron chi connectivity index (χ2n) is 5.03. The molecule has 1 atom stereocenters. The molecule has 0 fully saturated rings. The maximum Gasteiger partial charge on any atom is 0.234 e. The molecule has 1 aromatic rings. The molecule has 0 saturated heterocycles. The van der Waals surface area contributed by atoms with Crippen LogP contribution < -0.4 is 10.6 Å². The molecule has 0 heterocycles. The Balaban J connectivity index is 2.18. The number of amides is 1. The summed E-state index contributed by atoms with van der Waals surface area (Å²) in [5.41, 5.74) is 1.35. The lowest BCUT2D eigenvalue weighted by molar-refractivity contribution is -0.120. The predicted molar refractivity (Wildman–Crippen MR) is 75.5 cm³/mol. The Morgan fingerprint density at radius 3 is 2.44 bits per heavy atom. The molecule has 1 amide bonds. The second kappa shape index (κ2) is 7.88. The average Bonchev–Trinajstić information content (AvgIpc) is 2.34. The van der Waals surface area contributed by atoms with Crippen molar-refractivity contribution in [3.8, 4) is 0 Å². The van der Waals surface area contributed by atoms with Crippen molar-refractivity contribution < 1.29 is 4.79 Å². The normalized spacial score (nSPS) is 12.4. The largest absolute Gasteiger partial charge is 0.353 e. The van der Waals surface area contributed by atoms with Gasteiger partial charge in [0.05, 0.1) is 6.54 Å². The van der Waals surface area contributed by atoms with Gasteiger partial charge in [0.25, 0.3) is 0 Å². The van der Waals surface area contributed by atoms with Crippen LogP contribution in [0.25, 0.3) is 0 Å². The first-order valence-corrected chi connectivity index (χ1v) is 6.64. The van der Waals surface area contributed by atoms with Gasteiger partial charge in [0.2, 0.25) is 5.91 Å². The lowest BCUT2D eigenvalue weighted by atomic mass is 10.1. The lowest BCUT2D eigenvalue weighted by Crippen LogP contribution is -2.40. The van der Waals surface area contributed by atoms with Gasteiger partial charge < -0.3 is 10.6 Å². The molecule has 100 valence electrons. The number of carbonyl (C=O) groups excluding carboxylic acids is 1. The van der Waals surface area contributed by atoms with E-state index >= 15 is 0 Å². The van der Waals surface area contributed by atoms with Gasteiger partial charge in [-0.2, -0.15) is 0 Å². The molecule has 0 bridgehead atoms. The zero-order valence-electron chi connectivity index (χ0n) is 11.6. The molecule has 0 saturated carbocycles. The molecule has 0 radical (unpaired) electrons. The zero-order chi connectivity index (χ0) is 13.4. The van der Waals surface area contributed by atoms with Gasteiger partial charge in [-0.25, -0.2) is 0 Å². The van der Waals surface area contributed by atoms with Crippen molar-refractivity contribution in [1.82, 2.24) is 10.6 Å². The summed E-state index contributed by atoms with van der Waals surface area (Å²) >= 11 is 0. The molecule has 2 N–H and O–H groups in total. The Morgan fingerprint density at radius 1 is 1.17 bits per heavy atom. The summed E-state index contributed by atoms with van der Waals surface area (Å²) in [5.74, 6) is 0.0663. The van der Waals surface area contributed by atoms with E-state index in [1.54, 1.807) is 0 Å². The van der Waals surface area contributed by atoms with Gasteiger partial charge in [-0.3, -0.25) is 4.79 Å². The number of hydrogen-bond acceptors (Lipinski definition) is 2. The van der Waals surface area contributed by atoms with Crippen molar-refractivity contribution >= 4 is 5.91 Å². The third kappa shape index (κ3) is 6.40. The van der Waals surface area contributed by atoms with Crippen molar-refractivity contribution in [1.29, 1.82) is 0 Å². The van der Waals surface area contributed by atoms with Crippen LogP contribution in [0.5, 0.6) is 0 Å². The van der Waals surface area contributed by atoms with Gasteiger partial charge in [-0.05, 0) is 39.2 Å². The SMILES string of the molecule is CC(C)NC(=O)CN[C@@H](C)CCc1ccccc1. The van der Waals surface area contributed by atoms with E-state index in [-0.39, 0.29) is 11.9 Å². The number of aryl methyl sites for hydroxylation is 1. The quantitative estimate of drug-likeness (QED) is 0.776. The summed E-state index contributed by atoms with van der Waals surface area (Å²) < 4.78 is 0. The predicted octanol–water partition coefficient (Wildman–Crippen LogP) is 2.12. The van der Waals surface area contributed by atoms with Gasteiger partial charge in [0, 0.05) is 12.1 Å². The molecule has 3 nitrogen and oxygen atoms in total. The van der Waals surface area contributed by atoms with Gasteiger partial charge in [0.1, 0.15) is 0 Å². The maximum atomic E-state index is 11.5. The molecule has 0 aliphatic heterocycles. The topological polar surface area (TPSA) is 41.1 Å². The Bertz CT molecular complexity index is 349. The fourth-order valence-corrected chi connectivity index (χ4v) is 1.77. The minimum atomic E-state index is 0.0663. The first-order chi connectivity index (χ1) is 8.58. The number of benzene rings is 1. The highest BCUT2D eigenvalue weighted by Gasteiger charge is 2.06. The van der Waals surface area contributed by atoms with Crippen LogP contribution in [-0.4, -0.2) is 24.5 Å². The highest BCUT2D eigenvalue weighted by atomic mass is 16.1. The van der Waals surface area contributed by atoms with Crippen LogP contribution in [0.1, 0.15) is 32.8 Å². The molecule has 0 aliphatic rings. The van der Waals surface area contributed by atoms with Crippen molar-refractivity contribution in [3.05, 3.63) is 35.9 Å². The average molecular weight is 248 g/mol. The Labute approximate surface area is 110 Å². The van der Waals surface area contributed by atoms with E-state index in [4.69, 9.17) is 0 Å². The summed E-state index contributed by atoms with van der Waals surface area (Å²) in [6.07, 6.45) is 2.08. The third-order valence-corrected chi connectivity index (χ3v) is 2.77. The van der Waals surface area contributed by atoms with E-state index in [9.17, 15) is 4.79 Å². The van der Waals surface area contributed by atoms with E-state index in [0.717, 1.165) is 12.8 Å². The van der Waals surface area contributed by atoms with Crippen molar-refractivity contribution in [2.75, 3.05) is 6.54 Å². The molecule has 0 unspecified atom stereocenters. The Hall–Kier alpha value is -1.35. The van der Waals surface area contributed by atoms with E-state index in [0.29, 0.717) is 12.6 Å².